The van der Waals surface area contributed by atoms with Crippen LogP contribution in [0.4, 0.5) is 18.9 Å². The Labute approximate surface area is 175 Å². The van der Waals surface area contributed by atoms with Crippen LogP contribution in [0.2, 0.25) is 0 Å². The topological polar surface area (TPSA) is 64.8 Å². The number of ketones is 1. The summed E-state index contributed by atoms with van der Waals surface area (Å²) in [5, 5.41) is 0. The maximum atomic E-state index is 13.3. The Morgan fingerprint density at radius 2 is 1.81 bits per heavy atom. The Kier molecular flexibility index (Phi) is 4.57. The van der Waals surface area contributed by atoms with Crippen molar-refractivity contribution in [3.63, 3.8) is 0 Å². The van der Waals surface area contributed by atoms with E-state index in [4.69, 9.17) is 0 Å². The number of aromatic nitrogens is 3. The highest BCUT2D eigenvalue weighted by Crippen LogP contribution is 2.33. The molecule has 0 unspecified atom stereocenters. The molecule has 1 aliphatic rings. The third kappa shape index (κ3) is 3.58. The number of hydrogen-bond acceptors (Lipinski definition) is 3. The monoisotopic (exact) mass is 424 g/mol. The fourth-order valence-electron chi connectivity index (χ4n) is 4.04. The van der Waals surface area contributed by atoms with Crippen molar-refractivity contribution >= 4 is 22.5 Å². The summed E-state index contributed by atoms with van der Waals surface area (Å²) in [6.45, 7) is 2.07. The molecule has 2 aromatic carbocycles. The van der Waals surface area contributed by atoms with Crippen LogP contribution in [0.5, 0.6) is 0 Å². The Morgan fingerprint density at radius 1 is 1.03 bits per heavy atom. The van der Waals surface area contributed by atoms with Crippen molar-refractivity contribution in [3.8, 4) is 11.5 Å². The molecule has 0 spiro atoms. The normalized spacial score (nSPS) is 14.5. The molecule has 0 amide bonds. The van der Waals surface area contributed by atoms with Crippen LogP contribution in [0.25, 0.3) is 22.6 Å². The van der Waals surface area contributed by atoms with Crippen molar-refractivity contribution in [3.05, 3.63) is 71.4 Å². The number of carbonyl (C=O) groups is 1. The van der Waals surface area contributed by atoms with Gasteiger partial charge in [0.05, 0.1) is 22.3 Å². The first-order valence-corrected chi connectivity index (χ1v) is 10.0. The van der Waals surface area contributed by atoms with Crippen LogP contribution in [0, 0.1) is 0 Å². The number of halogens is 3. The minimum Gasteiger partial charge on any atom is -0.371 e. The van der Waals surface area contributed by atoms with E-state index < -0.39 is 17.5 Å². The van der Waals surface area contributed by atoms with Gasteiger partial charge in [-0.15, -0.1) is 0 Å². The summed E-state index contributed by atoms with van der Waals surface area (Å²) in [6.07, 6.45) is -0.823. The van der Waals surface area contributed by atoms with E-state index in [0.29, 0.717) is 11.5 Å². The standard InChI is InChI=1S/C23H19F3N4O/c24-23(25,26)17-6-2-1-5-16(17)21(31)14-11-20(27-13-14)22-28-18-8-7-15(12-19(18)29-22)30-9-3-4-10-30/h1-2,5-8,11-13,27H,3-4,9-10H2,(H,28,29). The van der Waals surface area contributed by atoms with Crippen molar-refractivity contribution < 1.29 is 18.0 Å². The number of imidazole rings is 1. The smallest absolute Gasteiger partial charge is 0.371 e. The molecule has 1 saturated heterocycles. The molecule has 5 nitrogen and oxygen atoms in total. The fraction of sp³-hybridized carbons (Fsp3) is 0.217. The third-order valence-electron chi connectivity index (χ3n) is 5.61. The highest BCUT2D eigenvalue weighted by molar-refractivity contribution is 6.10. The number of rotatable bonds is 4. The van der Waals surface area contributed by atoms with E-state index in [2.05, 4.69) is 19.9 Å². The summed E-state index contributed by atoms with van der Waals surface area (Å²) in [5.74, 6) is -0.167. The number of fused-ring (bicyclic) bond motifs is 1. The predicted octanol–water partition coefficient (Wildman–Crippen LogP) is 5.41. The fourth-order valence-corrected chi connectivity index (χ4v) is 4.04. The number of H-pyrrole nitrogens is 2. The van der Waals surface area contributed by atoms with Crippen molar-refractivity contribution in [2.45, 2.75) is 19.0 Å². The minimum atomic E-state index is -4.60. The van der Waals surface area contributed by atoms with Gasteiger partial charge in [-0.05, 0) is 43.2 Å². The highest BCUT2D eigenvalue weighted by Gasteiger charge is 2.35. The highest BCUT2D eigenvalue weighted by atomic mass is 19.4. The number of nitrogens with one attached hydrogen (secondary N) is 2. The number of carbonyl (C=O) groups excluding carboxylic acids is 1. The second kappa shape index (κ2) is 7.30. The maximum Gasteiger partial charge on any atom is 0.417 e. The Bertz CT molecular complexity index is 1270. The lowest BCUT2D eigenvalue weighted by molar-refractivity contribution is -0.137. The SMILES string of the molecule is O=C(c1c[nH]c(-c2nc3ccc(N4CCCC4)cc3[nH]2)c1)c1ccccc1C(F)(F)F. The molecule has 5 rings (SSSR count). The molecule has 1 aliphatic heterocycles. The first kappa shape index (κ1) is 19.4. The van der Waals surface area contributed by atoms with E-state index >= 15 is 0 Å². The Morgan fingerprint density at radius 3 is 2.58 bits per heavy atom. The van der Waals surface area contributed by atoms with Gasteiger partial charge in [-0.2, -0.15) is 13.2 Å². The van der Waals surface area contributed by atoms with Gasteiger partial charge in [-0.3, -0.25) is 4.79 Å². The Hall–Kier alpha value is -3.55. The van der Waals surface area contributed by atoms with Gasteiger partial charge in [0, 0.05) is 36.1 Å². The summed E-state index contributed by atoms with van der Waals surface area (Å²) in [4.78, 5) is 25.8. The van der Waals surface area contributed by atoms with Crippen LogP contribution >= 0.6 is 0 Å². The number of hydrogen-bond donors (Lipinski definition) is 2. The quantitative estimate of drug-likeness (QED) is 0.431. The van der Waals surface area contributed by atoms with Crippen molar-refractivity contribution in [2.75, 3.05) is 18.0 Å². The molecule has 158 valence electrons. The summed E-state index contributed by atoms with van der Waals surface area (Å²) in [6, 6.07) is 12.4. The lowest BCUT2D eigenvalue weighted by atomic mass is 9.99. The zero-order chi connectivity index (χ0) is 21.6. The average Bonchev–Trinajstić information content (AvgIpc) is 3.52. The first-order chi connectivity index (χ1) is 14.9. The van der Waals surface area contributed by atoms with Crippen molar-refractivity contribution in [1.29, 1.82) is 0 Å². The van der Waals surface area contributed by atoms with Crippen molar-refractivity contribution in [2.24, 2.45) is 0 Å². The van der Waals surface area contributed by atoms with E-state index in [1.807, 2.05) is 18.2 Å². The summed E-state index contributed by atoms with van der Waals surface area (Å²) in [7, 11) is 0. The number of anilines is 1. The van der Waals surface area contributed by atoms with Gasteiger partial charge < -0.3 is 14.9 Å². The van der Waals surface area contributed by atoms with E-state index in [9.17, 15) is 18.0 Å². The van der Waals surface area contributed by atoms with Crippen LogP contribution in [-0.2, 0) is 6.18 Å². The molecule has 4 aromatic rings. The van der Waals surface area contributed by atoms with E-state index in [0.717, 1.165) is 35.9 Å². The van der Waals surface area contributed by atoms with Gasteiger partial charge in [-0.1, -0.05) is 18.2 Å². The molecule has 0 aliphatic carbocycles. The van der Waals surface area contributed by atoms with Crippen LogP contribution < -0.4 is 4.90 Å². The number of benzene rings is 2. The van der Waals surface area contributed by atoms with E-state index in [1.165, 1.54) is 43.3 Å². The number of nitrogens with zero attached hydrogens (tertiary/aromatic N) is 2. The van der Waals surface area contributed by atoms with Gasteiger partial charge in [-0.25, -0.2) is 4.98 Å². The van der Waals surface area contributed by atoms with E-state index in [-0.39, 0.29) is 11.1 Å². The summed E-state index contributed by atoms with van der Waals surface area (Å²) in [5.41, 5.74) is 2.14. The molecule has 2 N–H and O–H groups in total. The lowest BCUT2D eigenvalue weighted by Gasteiger charge is -2.17. The van der Waals surface area contributed by atoms with Gasteiger partial charge >= 0.3 is 6.18 Å². The summed E-state index contributed by atoms with van der Waals surface area (Å²) < 4.78 is 39.8. The number of alkyl halides is 3. The summed E-state index contributed by atoms with van der Waals surface area (Å²) >= 11 is 0. The molecule has 1 fully saturated rings. The molecule has 0 radical (unpaired) electrons. The predicted molar refractivity (Wildman–Crippen MR) is 112 cm³/mol. The molecule has 2 aromatic heterocycles. The molecule has 0 saturated carbocycles. The second-order valence-corrected chi connectivity index (χ2v) is 7.66. The van der Waals surface area contributed by atoms with Crippen molar-refractivity contribution in [1.82, 2.24) is 15.0 Å². The molecule has 0 atom stereocenters. The molecule has 0 bridgehead atoms. The lowest BCUT2D eigenvalue weighted by Crippen LogP contribution is -2.17. The van der Waals surface area contributed by atoms with Gasteiger partial charge in [0.1, 0.15) is 0 Å². The zero-order valence-corrected chi connectivity index (χ0v) is 16.5. The third-order valence-corrected chi connectivity index (χ3v) is 5.61. The first-order valence-electron chi connectivity index (χ1n) is 10.0. The average molecular weight is 424 g/mol. The van der Waals surface area contributed by atoms with Gasteiger partial charge in [0.25, 0.3) is 0 Å². The van der Waals surface area contributed by atoms with Crippen LogP contribution in [0.15, 0.2) is 54.7 Å². The molecular formula is C23H19F3N4O. The second-order valence-electron chi connectivity index (χ2n) is 7.66. The Balaban J connectivity index is 1.46. The maximum absolute atomic E-state index is 13.3. The van der Waals surface area contributed by atoms with E-state index in [1.54, 1.807) is 0 Å². The van der Waals surface area contributed by atoms with Crippen LogP contribution in [0.3, 0.4) is 0 Å². The van der Waals surface area contributed by atoms with Gasteiger partial charge in [0.15, 0.2) is 11.6 Å². The minimum absolute atomic E-state index is 0.143. The van der Waals surface area contributed by atoms with Gasteiger partial charge in [0.2, 0.25) is 0 Å². The number of aromatic amines is 2. The van der Waals surface area contributed by atoms with Crippen LogP contribution in [0.1, 0.15) is 34.3 Å². The molecule has 8 heteroatoms. The molecular weight excluding hydrogens is 405 g/mol. The molecule has 31 heavy (non-hydrogen) atoms. The van der Waals surface area contributed by atoms with Crippen LogP contribution in [-0.4, -0.2) is 33.8 Å². The zero-order valence-electron chi connectivity index (χ0n) is 16.5. The largest absolute Gasteiger partial charge is 0.417 e. The molecule has 3 heterocycles.